The summed E-state index contributed by atoms with van der Waals surface area (Å²) in [5.41, 5.74) is 2.40. The maximum absolute atomic E-state index is 4.16. The van der Waals surface area contributed by atoms with Crippen LogP contribution < -0.4 is 0 Å². The standard InChI is InChI=1S/C13H16BrN3/c1-13(2,3)9-17-12(8-15-16-17)10-4-6-11(14)7-5-10/h4-8H,9H2,1-3H3. The molecule has 0 N–H and O–H groups in total. The molecular weight excluding hydrogens is 278 g/mol. The molecule has 90 valence electrons. The Morgan fingerprint density at radius 3 is 2.41 bits per heavy atom. The van der Waals surface area contributed by atoms with Crippen LogP contribution >= 0.6 is 15.9 Å². The van der Waals surface area contributed by atoms with Crippen molar-refractivity contribution in [3.63, 3.8) is 0 Å². The van der Waals surface area contributed by atoms with E-state index in [2.05, 4.69) is 59.1 Å². The van der Waals surface area contributed by atoms with Gasteiger partial charge in [-0.3, -0.25) is 0 Å². The topological polar surface area (TPSA) is 30.7 Å². The first-order valence-electron chi connectivity index (χ1n) is 5.60. The molecule has 0 amide bonds. The van der Waals surface area contributed by atoms with E-state index in [4.69, 9.17) is 0 Å². The van der Waals surface area contributed by atoms with E-state index in [-0.39, 0.29) is 5.41 Å². The molecule has 1 aromatic carbocycles. The van der Waals surface area contributed by atoms with Gasteiger partial charge in [0.2, 0.25) is 0 Å². The maximum Gasteiger partial charge on any atom is 0.0885 e. The molecule has 0 aliphatic carbocycles. The van der Waals surface area contributed by atoms with Gasteiger partial charge in [0.15, 0.2) is 0 Å². The predicted octanol–water partition coefficient (Wildman–Crippen LogP) is 3.75. The van der Waals surface area contributed by atoms with Crippen LogP contribution in [-0.4, -0.2) is 15.0 Å². The molecule has 0 saturated heterocycles. The van der Waals surface area contributed by atoms with Crippen LogP contribution in [0, 0.1) is 5.41 Å². The summed E-state index contributed by atoms with van der Waals surface area (Å²) in [6, 6.07) is 8.21. The molecule has 1 aromatic heterocycles. The Morgan fingerprint density at radius 2 is 1.82 bits per heavy atom. The van der Waals surface area contributed by atoms with E-state index < -0.39 is 0 Å². The Bertz CT molecular complexity index is 494. The van der Waals surface area contributed by atoms with E-state index in [1.54, 1.807) is 0 Å². The molecular formula is C13H16BrN3. The highest BCUT2D eigenvalue weighted by Crippen LogP contribution is 2.24. The summed E-state index contributed by atoms with van der Waals surface area (Å²) in [5.74, 6) is 0. The summed E-state index contributed by atoms with van der Waals surface area (Å²) < 4.78 is 3.04. The quantitative estimate of drug-likeness (QED) is 0.844. The Kier molecular flexibility index (Phi) is 3.33. The molecule has 4 heteroatoms. The Labute approximate surface area is 110 Å². The van der Waals surface area contributed by atoms with E-state index in [0.29, 0.717) is 0 Å². The SMILES string of the molecule is CC(C)(C)Cn1nncc1-c1ccc(Br)cc1. The summed E-state index contributed by atoms with van der Waals surface area (Å²) >= 11 is 3.44. The fourth-order valence-corrected chi connectivity index (χ4v) is 1.93. The molecule has 17 heavy (non-hydrogen) atoms. The second-order valence-electron chi connectivity index (χ2n) is 5.34. The molecule has 0 aliphatic rings. The average molecular weight is 294 g/mol. The molecule has 2 rings (SSSR count). The maximum atomic E-state index is 4.16. The van der Waals surface area contributed by atoms with Crippen molar-refractivity contribution in [1.82, 2.24) is 15.0 Å². The number of benzene rings is 1. The molecule has 0 saturated carbocycles. The highest BCUT2D eigenvalue weighted by molar-refractivity contribution is 9.10. The lowest BCUT2D eigenvalue weighted by Gasteiger charge is -2.19. The van der Waals surface area contributed by atoms with Gasteiger partial charge in [-0.25, -0.2) is 4.68 Å². The smallest absolute Gasteiger partial charge is 0.0885 e. The molecule has 3 nitrogen and oxygen atoms in total. The van der Waals surface area contributed by atoms with Crippen LogP contribution in [0.5, 0.6) is 0 Å². The van der Waals surface area contributed by atoms with Crippen LogP contribution in [0.3, 0.4) is 0 Å². The van der Waals surface area contributed by atoms with Gasteiger partial charge in [-0.15, -0.1) is 5.10 Å². The average Bonchev–Trinajstić information content (AvgIpc) is 2.64. The molecule has 2 aromatic rings. The molecule has 0 aliphatic heterocycles. The highest BCUT2D eigenvalue weighted by atomic mass is 79.9. The zero-order chi connectivity index (χ0) is 12.5. The van der Waals surface area contributed by atoms with Gasteiger partial charge < -0.3 is 0 Å². The third kappa shape index (κ3) is 3.16. The van der Waals surface area contributed by atoms with E-state index in [0.717, 1.165) is 22.3 Å². The zero-order valence-corrected chi connectivity index (χ0v) is 11.9. The van der Waals surface area contributed by atoms with Gasteiger partial charge in [0.1, 0.15) is 0 Å². The zero-order valence-electron chi connectivity index (χ0n) is 10.3. The van der Waals surface area contributed by atoms with Crippen LogP contribution in [0.15, 0.2) is 34.9 Å². The van der Waals surface area contributed by atoms with Gasteiger partial charge in [-0.1, -0.05) is 54.0 Å². The monoisotopic (exact) mass is 293 g/mol. The molecule has 0 spiro atoms. The third-order valence-corrected chi connectivity index (χ3v) is 2.91. The lowest BCUT2D eigenvalue weighted by molar-refractivity contribution is 0.323. The fourth-order valence-electron chi connectivity index (χ4n) is 1.67. The minimum absolute atomic E-state index is 0.192. The molecule has 1 heterocycles. The Morgan fingerprint density at radius 1 is 1.18 bits per heavy atom. The number of rotatable bonds is 2. The van der Waals surface area contributed by atoms with Crippen LogP contribution in [0.25, 0.3) is 11.3 Å². The Hall–Kier alpha value is -1.16. The van der Waals surface area contributed by atoms with E-state index in [1.165, 1.54) is 0 Å². The predicted molar refractivity (Wildman–Crippen MR) is 72.6 cm³/mol. The van der Waals surface area contributed by atoms with Crippen LogP contribution in [-0.2, 0) is 6.54 Å². The van der Waals surface area contributed by atoms with Crippen LogP contribution in [0.1, 0.15) is 20.8 Å². The largest absolute Gasteiger partial charge is 0.244 e. The first-order chi connectivity index (χ1) is 7.96. The molecule has 0 atom stereocenters. The van der Waals surface area contributed by atoms with Crippen molar-refractivity contribution in [2.75, 3.05) is 0 Å². The van der Waals surface area contributed by atoms with Gasteiger partial charge in [-0.2, -0.15) is 0 Å². The van der Waals surface area contributed by atoms with Crippen molar-refractivity contribution >= 4 is 15.9 Å². The van der Waals surface area contributed by atoms with Gasteiger partial charge in [0.05, 0.1) is 11.9 Å². The lowest BCUT2D eigenvalue weighted by atomic mass is 9.97. The number of nitrogens with zero attached hydrogens (tertiary/aromatic N) is 3. The minimum atomic E-state index is 0.192. The van der Waals surface area contributed by atoms with E-state index in [9.17, 15) is 0 Å². The number of hydrogen-bond donors (Lipinski definition) is 0. The summed E-state index contributed by atoms with van der Waals surface area (Å²) in [7, 11) is 0. The first kappa shape index (κ1) is 12.3. The van der Waals surface area contributed by atoms with Crippen molar-refractivity contribution in [2.24, 2.45) is 5.41 Å². The summed E-state index contributed by atoms with van der Waals surface area (Å²) in [6.45, 7) is 7.44. The van der Waals surface area contributed by atoms with Gasteiger partial charge in [0, 0.05) is 16.6 Å². The van der Waals surface area contributed by atoms with E-state index in [1.807, 2.05) is 23.0 Å². The van der Waals surface area contributed by atoms with Crippen LogP contribution in [0.4, 0.5) is 0 Å². The van der Waals surface area contributed by atoms with Crippen molar-refractivity contribution < 1.29 is 0 Å². The van der Waals surface area contributed by atoms with Crippen molar-refractivity contribution in [3.05, 3.63) is 34.9 Å². The number of hydrogen-bond acceptors (Lipinski definition) is 2. The molecule has 0 bridgehead atoms. The summed E-state index contributed by atoms with van der Waals surface area (Å²) in [4.78, 5) is 0. The second-order valence-corrected chi connectivity index (χ2v) is 6.26. The van der Waals surface area contributed by atoms with Crippen molar-refractivity contribution in [1.29, 1.82) is 0 Å². The molecule has 0 unspecified atom stereocenters. The van der Waals surface area contributed by atoms with Gasteiger partial charge in [-0.05, 0) is 17.5 Å². The summed E-state index contributed by atoms with van der Waals surface area (Å²) in [6.07, 6.45) is 1.81. The van der Waals surface area contributed by atoms with E-state index >= 15 is 0 Å². The number of aromatic nitrogens is 3. The first-order valence-corrected chi connectivity index (χ1v) is 6.39. The molecule has 0 radical (unpaired) electrons. The Balaban J connectivity index is 2.33. The fraction of sp³-hybridized carbons (Fsp3) is 0.385. The normalized spacial score (nSPS) is 11.8. The highest BCUT2D eigenvalue weighted by Gasteiger charge is 2.15. The minimum Gasteiger partial charge on any atom is -0.244 e. The lowest BCUT2D eigenvalue weighted by Crippen LogP contribution is -2.17. The van der Waals surface area contributed by atoms with Crippen molar-refractivity contribution in [2.45, 2.75) is 27.3 Å². The van der Waals surface area contributed by atoms with Gasteiger partial charge >= 0.3 is 0 Å². The van der Waals surface area contributed by atoms with Crippen molar-refractivity contribution in [3.8, 4) is 11.3 Å². The number of halogens is 1. The van der Waals surface area contributed by atoms with Gasteiger partial charge in [0.25, 0.3) is 0 Å². The second kappa shape index (κ2) is 4.61. The summed E-state index contributed by atoms with van der Waals surface area (Å²) in [5, 5.41) is 8.16. The van der Waals surface area contributed by atoms with Crippen LogP contribution in [0.2, 0.25) is 0 Å². The third-order valence-electron chi connectivity index (χ3n) is 2.38. The molecule has 0 fully saturated rings.